The van der Waals surface area contributed by atoms with Crippen molar-refractivity contribution in [2.24, 2.45) is 0 Å². The monoisotopic (exact) mass is 519 g/mol. The van der Waals surface area contributed by atoms with Gasteiger partial charge in [0, 0.05) is 41.5 Å². The minimum absolute atomic E-state index is 0.236. The van der Waals surface area contributed by atoms with Crippen molar-refractivity contribution in [3.8, 4) is 16.3 Å². The van der Waals surface area contributed by atoms with E-state index in [0.717, 1.165) is 21.1 Å². The SMILES string of the molecule is Cc1cnc(C(C)NC(=O)c2cc(OC3CCN(CC(F)(F)F)CC3)cc(-c3ncc(C)s3)c2)cn1. The number of hydrogen-bond acceptors (Lipinski definition) is 7. The largest absolute Gasteiger partial charge is 0.490 e. The lowest BCUT2D eigenvalue weighted by molar-refractivity contribution is -0.149. The first kappa shape index (κ1) is 26.0. The quantitative estimate of drug-likeness (QED) is 0.467. The third-order valence-corrected chi connectivity index (χ3v) is 6.83. The van der Waals surface area contributed by atoms with Gasteiger partial charge < -0.3 is 10.1 Å². The third-order valence-electron chi connectivity index (χ3n) is 5.87. The summed E-state index contributed by atoms with van der Waals surface area (Å²) in [6.45, 7) is 5.32. The van der Waals surface area contributed by atoms with E-state index in [2.05, 4.69) is 20.3 Å². The van der Waals surface area contributed by atoms with Crippen LogP contribution in [0.1, 0.15) is 52.4 Å². The van der Waals surface area contributed by atoms with Gasteiger partial charge in [0.2, 0.25) is 0 Å². The number of ether oxygens (including phenoxy) is 1. The van der Waals surface area contributed by atoms with E-state index in [1.54, 1.807) is 30.7 Å². The van der Waals surface area contributed by atoms with Gasteiger partial charge in [0.25, 0.3) is 5.91 Å². The topological polar surface area (TPSA) is 80.2 Å². The first-order chi connectivity index (χ1) is 17.1. The Bertz CT molecular complexity index is 1190. The predicted molar refractivity (Wildman–Crippen MR) is 131 cm³/mol. The lowest BCUT2D eigenvalue weighted by Crippen LogP contribution is -2.42. The molecular weight excluding hydrogens is 491 g/mol. The maximum absolute atomic E-state index is 13.2. The summed E-state index contributed by atoms with van der Waals surface area (Å²) in [7, 11) is 0. The van der Waals surface area contributed by atoms with E-state index in [0.29, 0.717) is 42.9 Å². The van der Waals surface area contributed by atoms with Crippen LogP contribution in [-0.4, -0.2) is 57.7 Å². The molecule has 0 saturated carbocycles. The summed E-state index contributed by atoms with van der Waals surface area (Å²) in [6.07, 6.45) is 1.55. The molecule has 1 unspecified atom stereocenters. The van der Waals surface area contributed by atoms with Crippen molar-refractivity contribution < 1.29 is 22.7 Å². The lowest BCUT2D eigenvalue weighted by Gasteiger charge is -2.32. The molecule has 0 spiro atoms. The Hall–Kier alpha value is -3.05. The van der Waals surface area contributed by atoms with Gasteiger partial charge in [0.1, 0.15) is 16.9 Å². The van der Waals surface area contributed by atoms with Crippen LogP contribution >= 0.6 is 11.3 Å². The van der Waals surface area contributed by atoms with E-state index in [1.807, 2.05) is 26.8 Å². The molecule has 36 heavy (non-hydrogen) atoms. The summed E-state index contributed by atoms with van der Waals surface area (Å²) in [5.74, 6) is 0.187. The molecule has 3 heterocycles. The molecule has 0 bridgehead atoms. The molecule has 1 N–H and O–H groups in total. The number of halogens is 3. The van der Waals surface area contributed by atoms with Crippen LogP contribution < -0.4 is 10.1 Å². The predicted octanol–water partition coefficient (Wildman–Crippen LogP) is 5.11. The molecule has 1 amide bonds. The smallest absolute Gasteiger partial charge is 0.401 e. The van der Waals surface area contributed by atoms with E-state index in [9.17, 15) is 18.0 Å². The highest BCUT2D eigenvalue weighted by Crippen LogP contribution is 2.31. The maximum Gasteiger partial charge on any atom is 0.401 e. The van der Waals surface area contributed by atoms with Gasteiger partial charge in [-0.3, -0.25) is 19.7 Å². The lowest BCUT2D eigenvalue weighted by atomic mass is 10.1. The average Bonchev–Trinajstić information content (AvgIpc) is 3.26. The van der Waals surface area contributed by atoms with Gasteiger partial charge in [0.05, 0.1) is 30.2 Å². The van der Waals surface area contributed by atoms with Crippen molar-refractivity contribution in [1.82, 2.24) is 25.2 Å². The van der Waals surface area contributed by atoms with Crippen molar-refractivity contribution in [2.75, 3.05) is 19.6 Å². The molecular formula is C25H28F3N5O2S. The van der Waals surface area contributed by atoms with Crippen molar-refractivity contribution in [2.45, 2.75) is 51.9 Å². The number of likely N-dealkylation sites (tertiary alicyclic amines) is 1. The van der Waals surface area contributed by atoms with Crippen LogP contribution in [0, 0.1) is 13.8 Å². The minimum Gasteiger partial charge on any atom is -0.490 e. The first-order valence-electron chi connectivity index (χ1n) is 11.7. The zero-order valence-corrected chi connectivity index (χ0v) is 21.1. The van der Waals surface area contributed by atoms with Crippen LogP contribution in [0.2, 0.25) is 0 Å². The van der Waals surface area contributed by atoms with E-state index in [1.165, 1.54) is 16.2 Å². The maximum atomic E-state index is 13.2. The average molecular weight is 520 g/mol. The fraction of sp³-hybridized carbons (Fsp3) is 0.440. The van der Waals surface area contributed by atoms with Crippen molar-refractivity contribution in [3.05, 3.63) is 58.6 Å². The first-order valence-corrected chi connectivity index (χ1v) is 12.5. The zero-order chi connectivity index (χ0) is 25.9. The van der Waals surface area contributed by atoms with Crippen LogP contribution in [0.15, 0.2) is 36.8 Å². The number of carbonyl (C=O) groups excluding carboxylic acids is 1. The molecule has 11 heteroatoms. The summed E-state index contributed by atoms with van der Waals surface area (Å²) in [5, 5.41) is 3.70. The van der Waals surface area contributed by atoms with Gasteiger partial charge in [-0.25, -0.2) is 4.98 Å². The number of benzene rings is 1. The molecule has 3 aromatic rings. The number of hydrogen-bond donors (Lipinski definition) is 1. The number of aryl methyl sites for hydroxylation is 2. The number of carbonyl (C=O) groups is 1. The Labute approximate surface area is 211 Å². The second-order valence-electron chi connectivity index (χ2n) is 9.01. The number of nitrogens with zero attached hydrogens (tertiary/aromatic N) is 4. The third kappa shape index (κ3) is 7.01. The number of aromatic nitrogens is 3. The van der Waals surface area contributed by atoms with Gasteiger partial charge in [-0.1, -0.05) is 0 Å². The highest BCUT2D eigenvalue weighted by Gasteiger charge is 2.33. The van der Waals surface area contributed by atoms with Gasteiger partial charge in [-0.05, 0) is 51.8 Å². The Kier molecular flexibility index (Phi) is 7.89. The number of thiazole rings is 1. The molecule has 4 rings (SSSR count). The highest BCUT2D eigenvalue weighted by molar-refractivity contribution is 7.14. The molecule has 1 aliphatic heterocycles. The van der Waals surface area contributed by atoms with Crippen LogP contribution in [0.4, 0.5) is 13.2 Å². The number of piperidine rings is 1. The molecule has 7 nitrogen and oxygen atoms in total. The van der Waals surface area contributed by atoms with E-state index in [-0.39, 0.29) is 18.1 Å². The molecule has 1 aromatic carbocycles. The number of rotatable bonds is 7. The van der Waals surface area contributed by atoms with Crippen molar-refractivity contribution in [3.63, 3.8) is 0 Å². The van der Waals surface area contributed by atoms with E-state index >= 15 is 0 Å². The number of amides is 1. The van der Waals surface area contributed by atoms with Gasteiger partial charge in [-0.15, -0.1) is 11.3 Å². The standard InChI is InChI=1S/C25H28F3N5O2S/c1-15-11-30-22(13-29-15)17(3)32-23(34)18-8-19(24-31-12-16(2)36-24)10-21(9-18)35-20-4-6-33(7-5-20)14-25(26,27)28/h8-13,17,20H,4-7,14H2,1-3H3,(H,32,34). The molecule has 0 aliphatic carbocycles. The summed E-state index contributed by atoms with van der Waals surface area (Å²) in [4.78, 5) is 28.6. The second kappa shape index (κ2) is 10.9. The Morgan fingerprint density at radius 3 is 2.50 bits per heavy atom. The fourth-order valence-corrected chi connectivity index (χ4v) is 4.77. The number of nitrogens with one attached hydrogen (secondary N) is 1. The molecule has 0 radical (unpaired) electrons. The van der Waals surface area contributed by atoms with Gasteiger partial charge in [0.15, 0.2) is 0 Å². The molecule has 192 valence electrons. The van der Waals surface area contributed by atoms with Gasteiger partial charge in [-0.2, -0.15) is 13.2 Å². The molecule has 2 aromatic heterocycles. The number of alkyl halides is 3. The Morgan fingerprint density at radius 1 is 1.14 bits per heavy atom. The normalized spacial score (nSPS) is 16.1. The van der Waals surface area contributed by atoms with Crippen molar-refractivity contribution in [1.29, 1.82) is 0 Å². The van der Waals surface area contributed by atoms with Crippen LogP contribution in [0.3, 0.4) is 0 Å². The zero-order valence-electron chi connectivity index (χ0n) is 20.3. The summed E-state index contributed by atoms with van der Waals surface area (Å²) in [5.41, 5.74) is 2.57. The summed E-state index contributed by atoms with van der Waals surface area (Å²) < 4.78 is 44.3. The summed E-state index contributed by atoms with van der Waals surface area (Å²) >= 11 is 1.50. The highest BCUT2D eigenvalue weighted by atomic mass is 32.1. The molecule has 1 atom stereocenters. The Morgan fingerprint density at radius 2 is 1.89 bits per heavy atom. The molecule has 1 saturated heterocycles. The van der Waals surface area contributed by atoms with E-state index < -0.39 is 12.7 Å². The molecule has 1 fully saturated rings. The van der Waals surface area contributed by atoms with Gasteiger partial charge >= 0.3 is 6.18 Å². The van der Waals surface area contributed by atoms with Crippen LogP contribution in [-0.2, 0) is 0 Å². The fourth-order valence-electron chi connectivity index (χ4n) is 4.02. The van der Waals surface area contributed by atoms with Crippen molar-refractivity contribution >= 4 is 17.2 Å². The van der Waals surface area contributed by atoms with E-state index in [4.69, 9.17) is 4.74 Å². The molecule has 1 aliphatic rings. The summed E-state index contributed by atoms with van der Waals surface area (Å²) in [6, 6.07) is 4.89. The van der Waals surface area contributed by atoms with Crippen LogP contribution in [0.5, 0.6) is 5.75 Å². The van der Waals surface area contributed by atoms with Crippen LogP contribution in [0.25, 0.3) is 10.6 Å². The minimum atomic E-state index is -4.21. The Balaban J connectivity index is 1.51. The second-order valence-corrected chi connectivity index (χ2v) is 10.2.